The maximum absolute atomic E-state index is 11.5. The number of hydrogen-bond acceptors (Lipinski definition) is 5. The topological polar surface area (TPSA) is 116 Å². The lowest BCUT2D eigenvalue weighted by Crippen LogP contribution is -2.38. The second kappa shape index (κ2) is 8.65. The first-order valence-electron chi connectivity index (χ1n) is 7.72. The molecule has 24 heavy (non-hydrogen) atoms. The third-order valence-electron chi connectivity index (χ3n) is 3.17. The summed E-state index contributed by atoms with van der Waals surface area (Å²) in [5.41, 5.74) is 0.668. The van der Waals surface area contributed by atoms with Gasteiger partial charge in [-0.05, 0) is 38.3 Å². The Balaban J connectivity index is 2.51. The fraction of sp³-hybridized carbons (Fsp3) is 0.529. The molecular weight excluding hydrogens is 314 g/mol. The van der Waals surface area contributed by atoms with Gasteiger partial charge in [0.05, 0.1) is 0 Å². The van der Waals surface area contributed by atoms with Gasteiger partial charge in [-0.1, -0.05) is 24.3 Å². The molecule has 0 saturated heterocycles. The lowest BCUT2D eigenvalue weighted by atomic mass is 10.0. The van der Waals surface area contributed by atoms with Crippen LogP contribution < -0.4 is 5.32 Å². The molecule has 0 aromatic heterocycles. The van der Waals surface area contributed by atoms with E-state index < -0.39 is 29.9 Å². The van der Waals surface area contributed by atoms with Gasteiger partial charge in [0.2, 0.25) is 0 Å². The lowest BCUT2D eigenvalue weighted by Gasteiger charge is -2.22. The highest BCUT2D eigenvalue weighted by Gasteiger charge is 2.21. The van der Waals surface area contributed by atoms with E-state index in [1.54, 1.807) is 45.0 Å². The smallest absolute Gasteiger partial charge is 0.407 e. The average molecular weight is 339 g/mol. The zero-order valence-corrected chi connectivity index (χ0v) is 14.2. The Labute approximate surface area is 141 Å². The standard InChI is InChI=1S/C17H25NO6/c1-17(2,3)24-16(23)18-10-13(19)15(22)12-7-4-11(5-8-12)6-9-14(20)21/h4-5,7-8,13,15,19,22H,6,9-10H2,1-3H3,(H,18,23)(H,20,21). The summed E-state index contributed by atoms with van der Waals surface area (Å²) in [6.07, 6.45) is -2.60. The molecule has 1 aromatic rings. The molecule has 7 heteroatoms. The van der Waals surface area contributed by atoms with E-state index in [9.17, 15) is 19.8 Å². The highest BCUT2D eigenvalue weighted by molar-refractivity contribution is 5.67. The Morgan fingerprint density at radius 1 is 1.17 bits per heavy atom. The van der Waals surface area contributed by atoms with Gasteiger partial charge in [0.25, 0.3) is 0 Å². The Morgan fingerprint density at radius 2 is 1.75 bits per heavy atom. The van der Waals surface area contributed by atoms with Crippen molar-refractivity contribution in [2.75, 3.05) is 6.54 Å². The van der Waals surface area contributed by atoms with Gasteiger partial charge < -0.3 is 25.4 Å². The summed E-state index contributed by atoms with van der Waals surface area (Å²) < 4.78 is 5.04. The zero-order valence-electron chi connectivity index (χ0n) is 14.2. The average Bonchev–Trinajstić information content (AvgIpc) is 2.48. The van der Waals surface area contributed by atoms with Crippen LogP contribution in [0.4, 0.5) is 4.79 Å². The monoisotopic (exact) mass is 339 g/mol. The van der Waals surface area contributed by atoms with Crippen molar-refractivity contribution in [2.24, 2.45) is 0 Å². The van der Waals surface area contributed by atoms with Gasteiger partial charge in [0.1, 0.15) is 17.8 Å². The molecule has 0 aliphatic rings. The Kier molecular flexibility index (Phi) is 7.18. The SMILES string of the molecule is CC(C)(C)OC(=O)NCC(O)C(O)c1ccc(CCC(=O)O)cc1. The minimum atomic E-state index is -1.19. The normalized spacial score (nSPS) is 13.9. The van der Waals surface area contributed by atoms with Crippen LogP contribution in [0.15, 0.2) is 24.3 Å². The van der Waals surface area contributed by atoms with E-state index in [1.165, 1.54) is 0 Å². The lowest BCUT2D eigenvalue weighted by molar-refractivity contribution is -0.136. The van der Waals surface area contributed by atoms with E-state index in [4.69, 9.17) is 9.84 Å². The van der Waals surface area contributed by atoms with Crippen molar-refractivity contribution >= 4 is 12.1 Å². The largest absolute Gasteiger partial charge is 0.481 e. The molecule has 0 spiro atoms. The number of ether oxygens (including phenoxy) is 1. The summed E-state index contributed by atoms with van der Waals surface area (Å²) in [5, 5.41) is 31.1. The number of alkyl carbamates (subject to hydrolysis) is 1. The van der Waals surface area contributed by atoms with Gasteiger partial charge in [-0.25, -0.2) is 4.79 Å². The Hall–Kier alpha value is -2.12. The van der Waals surface area contributed by atoms with Gasteiger partial charge in [-0.2, -0.15) is 0 Å². The zero-order chi connectivity index (χ0) is 18.3. The number of aliphatic hydroxyl groups excluding tert-OH is 2. The van der Waals surface area contributed by atoms with Crippen molar-refractivity contribution in [1.82, 2.24) is 5.32 Å². The van der Waals surface area contributed by atoms with Crippen LogP contribution in [-0.4, -0.2) is 45.6 Å². The number of amides is 1. The molecular formula is C17H25NO6. The van der Waals surface area contributed by atoms with Crippen molar-refractivity contribution in [3.63, 3.8) is 0 Å². The minimum Gasteiger partial charge on any atom is -0.481 e. The summed E-state index contributed by atoms with van der Waals surface area (Å²) in [5.74, 6) is -0.872. The summed E-state index contributed by atoms with van der Waals surface area (Å²) >= 11 is 0. The molecule has 0 bridgehead atoms. The molecule has 1 aromatic carbocycles. The summed E-state index contributed by atoms with van der Waals surface area (Å²) in [7, 11) is 0. The maximum atomic E-state index is 11.5. The second-order valence-corrected chi connectivity index (χ2v) is 6.53. The van der Waals surface area contributed by atoms with E-state index in [0.29, 0.717) is 12.0 Å². The third kappa shape index (κ3) is 7.43. The molecule has 2 unspecified atom stereocenters. The van der Waals surface area contributed by atoms with Gasteiger partial charge in [-0.15, -0.1) is 0 Å². The van der Waals surface area contributed by atoms with Crippen LogP contribution in [0.5, 0.6) is 0 Å². The van der Waals surface area contributed by atoms with E-state index in [0.717, 1.165) is 5.56 Å². The molecule has 4 N–H and O–H groups in total. The molecule has 7 nitrogen and oxygen atoms in total. The molecule has 134 valence electrons. The number of carbonyl (C=O) groups excluding carboxylic acids is 1. The molecule has 0 fully saturated rings. The Morgan fingerprint density at radius 3 is 2.25 bits per heavy atom. The third-order valence-corrected chi connectivity index (χ3v) is 3.17. The molecule has 0 saturated carbocycles. The molecule has 2 atom stereocenters. The number of aliphatic carboxylic acids is 1. The Bertz CT molecular complexity index is 549. The van der Waals surface area contributed by atoms with Gasteiger partial charge in [-0.3, -0.25) is 4.79 Å². The number of carbonyl (C=O) groups is 2. The quantitative estimate of drug-likeness (QED) is 0.600. The van der Waals surface area contributed by atoms with Crippen LogP contribution in [0, 0.1) is 0 Å². The summed E-state index contributed by atoms with van der Waals surface area (Å²) in [6.45, 7) is 5.02. The number of carboxylic acid groups (broad SMARTS) is 1. The van der Waals surface area contributed by atoms with E-state index in [-0.39, 0.29) is 13.0 Å². The number of carboxylic acids is 1. The minimum absolute atomic E-state index is 0.0321. The number of benzene rings is 1. The van der Waals surface area contributed by atoms with Crippen molar-refractivity contribution in [2.45, 2.75) is 51.4 Å². The highest BCUT2D eigenvalue weighted by atomic mass is 16.6. The van der Waals surface area contributed by atoms with Crippen LogP contribution >= 0.6 is 0 Å². The van der Waals surface area contributed by atoms with Crippen molar-refractivity contribution in [3.05, 3.63) is 35.4 Å². The number of nitrogens with one attached hydrogen (secondary N) is 1. The van der Waals surface area contributed by atoms with E-state index in [2.05, 4.69) is 5.32 Å². The summed E-state index contributed by atoms with van der Waals surface area (Å²) in [4.78, 5) is 22.1. The van der Waals surface area contributed by atoms with Crippen LogP contribution in [0.1, 0.15) is 44.4 Å². The van der Waals surface area contributed by atoms with Crippen LogP contribution in [0.2, 0.25) is 0 Å². The van der Waals surface area contributed by atoms with Crippen LogP contribution in [0.25, 0.3) is 0 Å². The van der Waals surface area contributed by atoms with Crippen molar-refractivity contribution in [3.8, 4) is 0 Å². The van der Waals surface area contributed by atoms with Crippen LogP contribution in [-0.2, 0) is 16.0 Å². The molecule has 0 aliphatic heterocycles. The predicted molar refractivity (Wildman–Crippen MR) is 87.6 cm³/mol. The van der Waals surface area contributed by atoms with Crippen molar-refractivity contribution in [1.29, 1.82) is 0 Å². The number of aryl methyl sites for hydroxylation is 1. The fourth-order valence-electron chi connectivity index (χ4n) is 1.97. The number of hydrogen-bond donors (Lipinski definition) is 4. The summed E-state index contributed by atoms with van der Waals surface area (Å²) in [6, 6.07) is 6.65. The highest BCUT2D eigenvalue weighted by Crippen LogP contribution is 2.18. The fourth-order valence-corrected chi connectivity index (χ4v) is 1.97. The molecule has 1 amide bonds. The molecule has 0 aliphatic carbocycles. The molecule has 1 rings (SSSR count). The van der Waals surface area contributed by atoms with Gasteiger partial charge >= 0.3 is 12.1 Å². The molecule has 0 radical (unpaired) electrons. The van der Waals surface area contributed by atoms with Gasteiger partial charge in [0, 0.05) is 13.0 Å². The molecule has 0 heterocycles. The first kappa shape index (κ1) is 19.9. The van der Waals surface area contributed by atoms with Crippen molar-refractivity contribution < 1.29 is 29.6 Å². The second-order valence-electron chi connectivity index (χ2n) is 6.53. The van der Waals surface area contributed by atoms with Gasteiger partial charge in [0.15, 0.2) is 0 Å². The number of aliphatic hydroxyl groups is 2. The van der Waals surface area contributed by atoms with E-state index >= 15 is 0 Å². The maximum Gasteiger partial charge on any atom is 0.407 e. The van der Waals surface area contributed by atoms with Crippen LogP contribution in [0.3, 0.4) is 0 Å². The number of rotatable bonds is 7. The predicted octanol–water partition coefficient (Wildman–Crippen LogP) is 1.62. The van der Waals surface area contributed by atoms with E-state index in [1.807, 2.05) is 0 Å². The first-order chi connectivity index (χ1) is 11.1. The first-order valence-corrected chi connectivity index (χ1v) is 7.72.